The summed E-state index contributed by atoms with van der Waals surface area (Å²) >= 11 is 0. The molecule has 0 saturated carbocycles. The topological polar surface area (TPSA) is 21.7 Å². The second-order valence-corrected chi connectivity index (χ2v) is 2.97. The predicted molar refractivity (Wildman–Crippen MR) is 52.5 cm³/mol. The molecule has 1 saturated heterocycles. The fourth-order valence-corrected chi connectivity index (χ4v) is 1.19. The average Bonchev–Trinajstić information content (AvgIpc) is 2.19. The molecule has 0 bridgehead atoms. The Morgan fingerprint density at radius 1 is 1.46 bits per heavy atom. The van der Waals surface area contributed by atoms with E-state index in [1.165, 1.54) is 0 Å². The third kappa shape index (κ3) is 4.10. The van der Waals surface area contributed by atoms with Gasteiger partial charge < -0.3 is 9.47 Å². The Balaban J connectivity index is 2.04. The molecule has 13 heavy (non-hydrogen) atoms. The fraction of sp³-hybridized carbons (Fsp3) is 0.600. The van der Waals surface area contributed by atoms with Gasteiger partial charge in [0.05, 0.1) is 13.2 Å². The van der Waals surface area contributed by atoms with Crippen molar-refractivity contribution in [3.05, 3.63) is 25.0 Å². The highest BCUT2D eigenvalue weighted by atomic mass is 16.5. The maximum atomic E-state index is 5.30. The van der Waals surface area contributed by atoms with Crippen molar-refractivity contribution in [1.82, 2.24) is 4.90 Å². The maximum absolute atomic E-state index is 5.30. The largest absolute Gasteiger partial charge is 0.493 e. The maximum Gasteiger partial charge on any atom is 0.111 e. The van der Waals surface area contributed by atoms with Gasteiger partial charge in [-0.2, -0.15) is 0 Å². The molecule has 0 aromatic heterocycles. The van der Waals surface area contributed by atoms with Gasteiger partial charge in [-0.15, -0.1) is 0 Å². The summed E-state index contributed by atoms with van der Waals surface area (Å²) in [5, 5.41) is 0. The van der Waals surface area contributed by atoms with Crippen LogP contribution in [0.1, 0.15) is 0 Å². The quantitative estimate of drug-likeness (QED) is 0.469. The number of nitrogens with zero attached hydrogens (tertiary/aromatic N) is 1. The lowest BCUT2D eigenvalue weighted by atomic mass is 10.4. The normalized spacial score (nSPS) is 18.2. The Bertz CT molecular complexity index is 174. The molecule has 0 spiro atoms. The molecule has 0 unspecified atom stereocenters. The fourth-order valence-electron chi connectivity index (χ4n) is 1.19. The summed E-state index contributed by atoms with van der Waals surface area (Å²) in [5.41, 5.74) is 0. The molecule has 1 aliphatic heterocycles. The molecule has 1 fully saturated rings. The highest BCUT2D eigenvalue weighted by Crippen LogP contribution is 1.98. The molecule has 0 aromatic carbocycles. The van der Waals surface area contributed by atoms with E-state index in [9.17, 15) is 0 Å². The van der Waals surface area contributed by atoms with Gasteiger partial charge in [-0.1, -0.05) is 13.2 Å². The van der Waals surface area contributed by atoms with Gasteiger partial charge in [0.1, 0.15) is 12.4 Å². The van der Waals surface area contributed by atoms with E-state index in [1.54, 1.807) is 6.08 Å². The number of morpholine rings is 1. The van der Waals surface area contributed by atoms with Crippen molar-refractivity contribution in [1.29, 1.82) is 0 Å². The monoisotopic (exact) mass is 183 g/mol. The molecule has 0 amide bonds. The molecule has 1 heterocycles. The SMILES string of the molecule is C=CC(=C)OCCN1CCOCC1. The van der Waals surface area contributed by atoms with Crippen molar-refractivity contribution in [2.75, 3.05) is 39.5 Å². The standard InChI is InChI=1S/C10H17NO2/c1-3-10(2)13-9-6-11-4-7-12-8-5-11/h3H,1-2,4-9H2. The third-order valence-electron chi connectivity index (χ3n) is 2.03. The van der Waals surface area contributed by atoms with Crippen molar-refractivity contribution in [2.45, 2.75) is 0 Å². The Morgan fingerprint density at radius 2 is 2.15 bits per heavy atom. The zero-order chi connectivity index (χ0) is 9.52. The first-order chi connectivity index (χ1) is 6.33. The third-order valence-corrected chi connectivity index (χ3v) is 2.03. The zero-order valence-electron chi connectivity index (χ0n) is 8.00. The highest BCUT2D eigenvalue weighted by Gasteiger charge is 2.09. The van der Waals surface area contributed by atoms with Gasteiger partial charge in [-0.3, -0.25) is 4.90 Å². The van der Waals surface area contributed by atoms with Crippen LogP contribution in [0.4, 0.5) is 0 Å². The minimum Gasteiger partial charge on any atom is -0.493 e. The van der Waals surface area contributed by atoms with Crippen LogP contribution >= 0.6 is 0 Å². The van der Waals surface area contributed by atoms with Crippen LogP contribution in [0.3, 0.4) is 0 Å². The van der Waals surface area contributed by atoms with Crippen molar-refractivity contribution < 1.29 is 9.47 Å². The first kappa shape index (κ1) is 10.3. The molecule has 74 valence electrons. The number of rotatable bonds is 5. The molecule has 0 aromatic rings. The predicted octanol–water partition coefficient (Wildman–Crippen LogP) is 1.03. The van der Waals surface area contributed by atoms with E-state index < -0.39 is 0 Å². The van der Waals surface area contributed by atoms with Gasteiger partial charge >= 0.3 is 0 Å². The van der Waals surface area contributed by atoms with Crippen molar-refractivity contribution in [3.8, 4) is 0 Å². The van der Waals surface area contributed by atoms with Crippen LogP contribution < -0.4 is 0 Å². The molecular weight excluding hydrogens is 166 g/mol. The van der Waals surface area contributed by atoms with Crippen molar-refractivity contribution in [2.24, 2.45) is 0 Å². The van der Waals surface area contributed by atoms with Crippen LogP contribution in [0.25, 0.3) is 0 Å². The van der Waals surface area contributed by atoms with Gasteiger partial charge in [0.2, 0.25) is 0 Å². The molecular formula is C10H17NO2. The summed E-state index contributed by atoms with van der Waals surface area (Å²) in [6.07, 6.45) is 1.62. The van der Waals surface area contributed by atoms with Crippen LogP contribution in [0, 0.1) is 0 Å². The summed E-state index contributed by atoms with van der Waals surface area (Å²) < 4.78 is 10.5. The van der Waals surface area contributed by atoms with E-state index in [2.05, 4.69) is 18.1 Å². The Hall–Kier alpha value is -0.800. The van der Waals surface area contributed by atoms with Crippen LogP contribution in [0.5, 0.6) is 0 Å². The zero-order valence-corrected chi connectivity index (χ0v) is 8.00. The van der Waals surface area contributed by atoms with E-state index in [-0.39, 0.29) is 0 Å². The molecule has 0 radical (unpaired) electrons. The molecule has 1 aliphatic rings. The van der Waals surface area contributed by atoms with Crippen molar-refractivity contribution in [3.63, 3.8) is 0 Å². The number of hydrogen-bond acceptors (Lipinski definition) is 3. The van der Waals surface area contributed by atoms with Crippen LogP contribution in [0.15, 0.2) is 25.0 Å². The van der Waals surface area contributed by atoms with E-state index in [4.69, 9.17) is 9.47 Å². The van der Waals surface area contributed by atoms with Gasteiger partial charge in [0.15, 0.2) is 0 Å². The average molecular weight is 183 g/mol. The summed E-state index contributed by atoms with van der Waals surface area (Å²) in [5.74, 6) is 0.647. The van der Waals surface area contributed by atoms with Crippen molar-refractivity contribution >= 4 is 0 Å². The lowest BCUT2D eigenvalue weighted by Crippen LogP contribution is -2.38. The summed E-state index contributed by atoms with van der Waals surface area (Å²) in [7, 11) is 0. The Labute approximate surface area is 79.6 Å². The molecule has 0 aliphatic carbocycles. The number of hydrogen-bond donors (Lipinski definition) is 0. The summed E-state index contributed by atoms with van der Waals surface area (Å²) in [6.45, 7) is 12.5. The second-order valence-electron chi connectivity index (χ2n) is 2.97. The van der Waals surface area contributed by atoms with E-state index in [0.717, 1.165) is 32.8 Å². The first-order valence-electron chi connectivity index (χ1n) is 4.57. The molecule has 0 atom stereocenters. The van der Waals surface area contributed by atoms with Gasteiger partial charge in [-0.25, -0.2) is 0 Å². The summed E-state index contributed by atoms with van der Waals surface area (Å²) in [4.78, 5) is 2.32. The van der Waals surface area contributed by atoms with Crippen LogP contribution in [0.2, 0.25) is 0 Å². The molecule has 1 rings (SSSR count). The van der Waals surface area contributed by atoms with E-state index >= 15 is 0 Å². The van der Waals surface area contributed by atoms with E-state index in [0.29, 0.717) is 12.4 Å². The first-order valence-corrected chi connectivity index (χ1v) is 4.57. The minimum atomic E-state index is 0.647. The Kier molecular flexibility index (Phi) is 4.57. The number of ether oxygens (including phenoxy) is 2. The number of allylic oxidation sites excluding steroid dienone is 1. The minimum absolute atomic E-state index is 0.647. The lowest BCUT2D eigenvalue weighted by molar-refractivity contribution is 0.0282. The molecule has 3 heteroatoms. The van der Waals surface area contributed by atoms with E-state index in [1.807, 2.05) is 0 Å². The van der Waals surface area contributed by atoms with Gasteiger partial charge in [0.25, 0.3) is 0 Å². The Morgan fingerprint density at radius 3 is 2.77 bits per heavy atom. The second kappa shape index (κ2) is 5.78. The van der Waals surface area contributed by atoms with Crippen LogP contribution in [-0.4, -0.2) is 44.4 Å². The summed E-state index contributed by atoms with van der Waals surface area (Å²) in [6, 6.07) is 0. The molecule has 0 N–H and O–H groups in total. The van der Waals surface area contributed by atoms with Crippen LogP contribution in [-0.2, 0) is 9.47 Å². The highest BCUT2D eigenvalue weighted by molar-refractivity contribution is 5.01. The smallest absolute Gasteiger partial charge is 0.111 e. The van der Waals surface area contributed by atoms with Gasteiger partial charge in [0, 0.05) is 19.6 Å². The molecule has 3 nitrogen and oxygen atoms in total. The lowest BCUT2D eigenvalue weighted by Gasteiger charge is -2.26. The van der Waals surface area contributed by atoms with Gasteiger partial charge in [-0.05, 0) is 6.08 Å².